The maximum absolute atomic E-state index is 11.7. The van der Waals surface area contributed by atoms with E-state index in [9.17, 15) is 19.5 Å². The van der Waals surface area contributed by atoms with Crippen molar-refractivity contribution in [2.24, 2.45) is 0 Å². The normalized spacial score (nSPS) is 9.70. The fourth-order valence-corrected chi connectivity index (χ4v) is 1.38. The molecule has 20 heavy (non-hydrogen) atoms. The van der Waals surface area contributed by atoms with Crippen LogP contribution in [-0.4, -0.2) is 53.7 Å². The van der Waals surface area contributed by atoms with E-state index >= 15 is 0 Å². The lowest BCUT2D eigenvalue weighted by atomic mass is 10.2. The molecule has 1 aromatic carbocycles. The highest BCUT2D eigenvalue weighted by atomic mass is 16.4. The summed E-state index contributed by atoms with van der Waals surface area (Å²) in [6.45, 7) is -0.123. The zero-order valence-corrected chi connectivity index (χ0v) is 11.0. The molecule has 4 N–H and O–H groups in total. The van der Waals surface area contributed by atoms with Crippen LogP contribution in [0.4, 0.5) is 10.5 Å². The molecule has 0 radical (unpaired) electrons. The number of nitrogens with zero attached hydrogens (tertiary/aromatic N) is 1. The maximum atomic E-state index is 11.7. The first-order chi connectivity index (χ1) is 9.35. The van der Waals surface area contributed by atoms with Crippen LogP contribution in [0.3, 0.4) is 0 Å². The number of aromatic carboxylic acids is 1. The maximum Gasteiger partial charge on any atom is 0.339 e. The van der Waals surface area contributed by atoms with Gasteiger partial charge in [0.2, 0.25) is 5.91 Å². The molecule has 3 amide bonds. The summed E-state index contributed by atoms with van der Waals surface area (Å²) in [5.41, 5.74) is -0.0389. The number of phenols is 1. The Hall–Kier alpha value is -2.77. The number of carbonyl (C=O) groups is 3. The number of nitrogens with one attached hydrogen (secondary N) is 2. The van der Waals surface area contributed by atoms with Crippen LogP contribution in [0, 0.1) is 0 Å². The molecule has 1 rings (SSSR count). The summed E-state index contributed by atoms with van der Waals surface area (Å²) in [5.74, 6) is -2.05. The van der Waals surface area contributed by atoms with Crippen LogP contribution in [0.25, 0.3) is 0 Å². The summed E-state index contributed by atoms with van der Waals surface area (Å²) in [6, 6.07) is 3.08. The Labute approximate surface area is 115 Å². The zero-order valence-electron chi connectivity index (χ0n) is 11.0. The van der Waals surface area contributed by atoms with Crippen LogP contribution in [0.2, 0.25) is 0 Å². The molecular weight excluding hydrogens is 266 g/mol. The first-order valence-electron chi connectivity index (χ1n) is 5.64. The van der Waals surface area contributed by atoms with Crippen LogP contribution in [0.15, 0.2) is 18.2 Å². The molecule has 0 heterocycles. The van der Waals surface area contributed by atoms with Crippen molar-refractivity contribution in [2.75, 3.05) is 26.0 Å². The number of urea groups is 1. The molecule has 0 saturated carbocycles. The number of hydrogen-bond acceptors (Lipinski definition) is 4. The summed E-state index contributed by atoms with van der Waals surface area (Å²) in [5, 5.41) is 23.0. The lowest BCUT2D eigenvalue weighted by Gasteiger charge is -2.17. The molecule has 1 aromatic rings. The largest absolute Gasteiger partial charge is 0.507 e. The van der Waals surface area contributed by atoms with Gasteiger partial charge >= 0.3 is 12.0 Å². The van der Waals surface area contributed by atoms with Gasteiger partial charge in [0.15, 0.2) is 0 Å². The second-order valence-corrected chi connectivity index (χ2v) is 4.00. The van der Waals surface area contributed by atoms with Crippen molar-refractivity contribution in [3.8, 4) is 5.75 Å². The van der Waals surface area contributed by atoms with E-state index in [0.29, 0.717) is 0 Å². The Morgan fingerprint density at radius 1 is 1.30 bits per heavy atom. The minimum atomic E-state index is -1.27. The lowest BCUT2D eigenvalue weighted by molar-refractivity contribution is -0.120. The van der Waals surface area contributed by atoms with Crippen molar-refractivity contribution >= 4 is 23.6 Å². The Morgan fingerprint density at radius 2 is 1.95 bits per heavy atom. The van der Waals surface area contributed by atoms with E-state index in [1.165, 1.54) is 26.2 Å². The third-order valence-electron chi connectivity index (χ3n) is 2.49. The standard InChI is InChI=1S/C12H15N3O5/c1-13-10(17)6-15(2)12(20)14-7-3-4-8(11(18)19)9(16)5-7/h3-5,16H,6H2,1-2H3,(H,13,17)(H,14,20)(H,18,19). The van der Waals surface area contributed by atoms with E-state index in [0.717, 1.165) is 11.0 Å². The van der Waals surface area contributed by atoms with E-state index in [4.69, 9.17) is 5.11 Å². The molecule has 8 heteroatoms. The molecule has 0 saturated heterocycles. The Bertz CT molecular complexity index is 544. The van der Waals surface area contributed by atoms with Crippen molar-refractivity contribution in [2.45, 2.75) is 0 Å². The number of carboxylic acid groups (broad SMARTS) is 1. The van der Waals surface area contributed by atoms with E-state index in [1.807, 2.05) is 0 Å². The predicted molar refractivity (Wildman–Crippen MR) is 70.8 cm³/mol. The molecule has 0 spiro atoms. The van der Waals surface area contributed by atoms with Crippen molar-refractivity contribution in [1.82, 2.24) is 10.2 Å². The Kier molecular flexibility index (Phi) is 4.90. The molecule has 8 nitrogen and oxygen atoms in total. The molecule has 0 bridgehead atoms. The first-order valence-corrected chi connectivity index (χ1v) is 5.64. The summed E-state index contributed by atoms with van der Waals surface area (Å²) in [6.07, 6.45) is 0. The van der Waals surface area contributed by atoms with Crippen molar-refractivity contribution in [1.29, 1.82) is 0 Å². The number of hydrogen-bond donors (Lipinski definition) is 4. The van der Waals surface area contributed by atoms with Gasteiger partial charge in [-0.3, -0.25) is 4.79 Å². The van der Waals surface area contributed by atoms with Gasteiger partial charge in [0, 0.05) is 25.8 Å². The van der Waals surface area contributed by atoms with E-state index < -0.39 is 17.7 Å². The highest BCUT2D eigenvalue weighted by Gasteiger charge is 2.14. The average Bonchev–Trinajstić information content (AvgIpc) is 2.37. The molecule has 0 aliphatic carbocycles. The van der Waals surface area contributed by atoms with Crippen LogP contribution >= 0.6 is 0 Å². The van der Waals surface area contributed by atoms with Gasteiger partial charge in [0.25, 0.3) is 0 Å². The molecule has 0 unspecified atom stereocenters. The van der Waals surface area contributed by atoms with Gasteiger partial charge in [-0.25, -0.2) is 9.59 Å². The SMILES string of the molecule is CNC(=O)CN(C)C(=O)Nc1ccc(C(=O)O)c(O)c1. The van der Waals surface area contributed by atoms with Gasteiger partial charge in [-0.15, -0.1) is 0 Å². The molecular formula is C12H15N3O5. The highest BCUT2D eigenvalue weighted by molar-refractivity contribution is 5.95. The Balaban J connectivity index is 2.73. The minimum absolute atomic E-state index is 0.123. The number of carboxylic acids is 1. The van der Waals surface area contributed by atoms with Gasteiger partial charge in [-0.1, -0.05) is 0 Å². The van der Waals surface area contributed by atoms with Crippen LogP contribution in [0.1, 0.15) is 10.4 Å². The summed E-state index contributed by atoms with van der Waals surface area (Å²) in [4.78, 5) is 34.7. The number of likely N-dealkylation sites (N-methyl/N-ethyl adjacent to an activating group) is 2. The summed E-state index contributed by atoms with van der Waals surface area (Å²) < 4.78 is 0. The minimum Gasteiger partial charge on any atom is -0.507 e. The molecule has 0 aromatic heterocycles. The lowest BCUT2D eigenvalue weighted by Crippen LogP contribution is -2.39. The van der Waals surface area contributed by atoms with Gasteiger partial charge in [0.05, 0.1) is 0 Å². The van der Waals surface area contributed by atoms with Gasteiger partial charge in [-0.05, 0) is 12.1 Å². The van der Waals surface area contributed by atoms with E-state index in [2.05, 4.69) is 10.6 Å². The third-order valence-corrected chi connectivity index (χ3v) is 2.49. The zero-order chi connectivity index (χ0) is 15.3. The molecule has 0 aliphatic heterocycles. The number of benzene rings is 1. The second-order valence-electron chi connectivity index (χ2n) is 4.00. The number of anilines is 1. The fraction of sp³-hybridized carbons (Fsp3) is 0.250. The molecule has 0 atom stereocenters. The predicted octanol–water partition coefficient (Wildman–Crippen LogP) is 0.300. The average molecular weight is 281 g/mol. The second kappa shape index (κ2) is 6.41. The quantitative estimate of drug-likeness (QED) is 0.633. The number of amides is 3. The number of aromatic hydroxyl groups is 1. The molecule has 108 valence electrons. The van der Waals surface area contributed by atoms with Crippen LogP contribution in [0.5, 0.6) is 5.75 Å². The number of rotatable bonds is 4. The molecule has 0 fully saturated rings. The molecule has 0 aliphatic rings. The van der Waals surface area contributed by atoms with Gasteiger partial charge in [-0.2, -0.15) is 0 Å². The summed E-state index contributed by atoms with van der Waals surface area (Å²) in [7, 11) is 2.88. The fourth-order valence-electron chi connectivity index (χ4n) is 1.38. The highest BCUT2D eigenvalue weighted by Crippen LogP contribution is 2.22. The van der Waals surface area contributed by atoms with Gasteiger partial charge in [0.1, 0.15) is 17.9 Å². The topological polar surface area (TPSA) is 119 Å². The monoisotopic (exact) mass is 281 g/mol. The van der Waals surface area contributed by atoms with Gasteiger partial charge < -0.3 is 25.7 Å². The Morgan fingerprint density at radius 3 is 2.45 bits per heavy atom. The number of carbonyl (C=O) groups excluding carboxylic acids is 2. The summed E-state index contributed by atoms with van der Waals surface area (Å²) >= 11 is 0. The smallest absolute Gasteiger partial charge is 0.339 e. The first kappa shape index (κ1) is 15.3. The van der Waals surface area contributed by atoms with E-state index in [1.54, 1.807) is 0 Å². The van der Waals surface area contributed by atoms with Crippen molar-refractivity contribution < 1.29 is 24.6 Å². The van der Waals surface area contributed by atoms with Crippen LogP contribution < -0.4 is 10.6 Å². The van der Waals surface area contributed by atoms with E-state index in [-0.39, 0.29) is 23.7 Å². The van der Waals surface area contributed by atoms with Crippen LogP contribution in [-0.2, 0) is 4.79 Å². The van der Waals surface area contributed by atoms with Crippen molar-refractivity contribution in [3.63, 3.8) is 0 Å². The van der Waals surface area contributed by atoms with Crippen molar-refractivity contribution in [3.05, 3.63) is 23.8 Å². The third kappa shape index (κ3) is 3.87.